The summed E-state index contributed by atoms with van der Waals surface area (Å²) in [6, 6.07) is 6.84. The molecular formula is C12H7Cl2FN2O. The second-order valence-electron chi connectivity index (χ2n) is 3.44. The first-order valence-corrected chi connectivity index (χ1v) is 5.70. The first-order valence-electron chi connectivity index (χ1n) is 4.94. The van der Waals surface area contributed by atoms with Crippen LogP contribution in [0.1, 0.15) is 10.4 Å². The van der Waals surface area contributed by atoms with Crippen molar-refractivity contribution < 1.29 is 9.18 Å². The summed E-state index contributed by atoms with van der Waals surface area (Å²) in [5.74, 6) is -0.987. The lowest BCUT2D eigenvalue weighted by molar-refractivity contribution is 0.102. The van der Waals surface area contributed by atoms with E-state index in [1.807, 2.05) is 0 Å². The molecular weight excluding hydrogens is 278 g/mol. The van der Waals surface area contributed by atoms with Crippen LogP contribution in [-0.4, -0.2) is 10.9 Å². The highest BCUT2D eigenvalue weighted by atomic mass is 35.5. The Morgan fingerprint density at radius 1 is 1.17 bits per heavy atom. The Hall–Kier alpha value is -1.65. The molecule has 0 saturated heterocycles. The molecule has 0 unspecified atom stereocenters. The van der Waals surface area contributed by atoms with Gasteiger partial charge in [-0.3, -0.25) is 4.79 Å². The van der Waals surface area contributed by atoms with Crippen molar-refractivity contribution in [1.82, 2.24) is 4.98 Å². The fraction of sp³-hybridized carbons (Fsp3) is 0. The van der Waals surface area contributed by atoms with Crippen LogP contribution in [0.2, 0.25) is 10.0 Å². The predicted octanol–water partition coefficient (Wildman–Crippen LogP) is 3.78. The highest BCUT2D eigenvalue weighted by Crippen LogP contribution is 2.16. The van der Waals surface area contributed by atoms with E-state index >= 15 is 0 Å². The zero-order valence-corrected chi connectivity index (χ0v) is 10.5. The van der Waals surface area contributed by atoms with Crippen molar-refractivity contribution in [2.24, 2.45) is 0 Å². The zero-order valence-electron chi connectivity index (χ0n) is 8.95. The number of hydrogen-bond donors (Lipinski definition) is 1. The Balaban J connectivity index is 2.21. The van der Waals surface area contributed by atoms with Gasteiger partial charge in [-0.2, -0.15) is 0 Å². The monoisotopic (exact) mass is 284 g/mol. The minimum absolute atomic E-state index is 0.140. The maximum Gasteiger partial charge on any atom is 0.259 e. The molecule has 0 radical (unpaired) electrons. The van der Waals surface area contributed by atoms with Gasteiger partial charge < -0.3 is 5.32 Å². The topological polar surface area (TPSA) is 42.0 Å². The number of carbonyl (C=O) groups excluding carboxylic acids is 1. The van der Waals surface area contributed by atoms with Crippen molar-refractivity contribution in [2.45, 2.75) is 0 Å². The second kappa shape index (κ2) is 5.33. The lowest BCUT2D eigenvalue weighted by Crippen LogP contribution is -2.14. The number of nitrogens with zero attached hydrogens (tertiary/aromatic N) is 1. The Kier molecular flexibility index (Phi) is 3.79. The van der Waals surface area contributed by atoms with Gasteiger partial charge in [-0.05, 0) is 30.3 Å². The van der Waals surface area contributed by atoms with Gasteiger partial charge in [0.05, 0.1) is 10.6 Å². The van der Waals surface area contributed by atoms with Crippen molar-refractivity contribution in [2.75, 3.05) is 5.32 Å². The quantitative estimate of drug-likeness (QED) is 0.912. The molecule has 1 aromatic carbocycles. The van der Waals surface area contributed by atoms with Gasteiger partial charge in [0.25, 0.3) is 5.91 Å². The summed E-state index contributed by atoms with van der Waals surface area (Å²) < 4.78 is 13.4. The summed E-state index contributed by atoms with van der Waals surface area (Å²) in [4.78, 5) is 15.7. The standard InChI is InChI=1S/C12H7Cl2FN2O/c13-7-1-3-10(15)9(5-7)12(18)17-11-4-2-8(14)6-16-11/h1-6H,(H,16,17,18). The van der Waals surface area contributed by atoms with Gasteiger partial charge in [0.15, 0.2) is 0 Å². The molecule has 0 fully saturated rings. The van der Waals surface area contributed by atoms with E-state index in [4.69, 9.17) is 23.2 Å². The van der Waals surface area contributed by atoms with Gasteiger partial charge in [-0.15, -0.1) is 0 Å². The van der Waals surface area contributed by atoms with E-state index in [0.29, 0.717) is 5.02 Å². The van der Waals surface area contributed by atoms with Crippen LogP contribution >= 0.6 is 23.2 Å². The lowest BCUT2D eigenvalue weighted by Gasteiger charge is -2.05. The second-order valence-corrected chi connectivity index (χ2v) is 4.31. The van der Waals surface area contributed by atoms with Gasteiger partial charge in [0, 0.05) is 11.2 Å². The first-order chi connectivity index (χ1) is 8.56. The molecule has 18 heavy (non-hydrogen) atoms. The number of halogens is 3. The molecule has 0 atom stereocenters. The Bertz CT molecular complexity index is 587. The number of pyridine rings is 1. The van der Waals surface area contributed by atoms with Crippen molar-refractivity contribution in [1.29, 1.82) is 0 Å². The number of anilines is 1. The van der Waals surface area contributed by atoms with Gasteiger partial charge >= 0.3 is 0 Å². The number of carbonyl (C=O) groups is 1. The van der Waals surface area contributed by atoms with Crippen LogP contribution in [0.3, 0.4) is 0 Å². The van der Waals surface area contributed by atoms with Crippen molar-refractivity contribution >= 4 is 34.9 Å². The molecule has 6 heteroatoms. The van der Waals surface area contributed by atoms with Crippen molar-refractivity contribution in [3.05, 3.63) is 58.0 Å². The first kappa shape index (κ1) is 12.8. The van der Waals surface area contributed by atoms with Crippen LogP contribution in [0.5, 0.6) is 0 Å². The number of hydrogen-bond acceptors (Lipinski definition) is 2. The lowest BCUT2D eigenvalue weighted by atomic mass is 10.2. The molecule has 2 rings (SSSR count). The zero-order chi connectivity index (χ0) is 13.1. The SMILES string of the molecule is O=C(Nc1ccc(Cl)cn1)c1cc(Cl)ccc1F. The van der Waals surface area contributed by atoms with Crippen molar-refractivity contribution in [3.63, 3.8) is 0 Å². The number of benzene rings is 1. The molecule has 0 aliphatic carbocycles. The summed E-state index contributed by atoms with van der Waals surface area (Å²) in [5, 5.41) is 3.18. The molecule has 1 heterocycles. The third-order valence-corrected chi connectivity index (χ3v) is 2.60. The van der Waals surface area contributed by atoms with E-state index in [1.165, 1.54) is 24.4 Å². The molecule has 0 saturated carbocycles. The maximum absolute atomic E-state index is 13.4. The molecule has 1 N–H and O–H groups in total. The molecule has 0 bridgehead atoms. The van der Waals surface area contributed by atoms with E-state index in [1.54, 1.807) is 6.07 Å². The third kappa shape index (κ3) is 2.97. The number of rotatable bonds is 2. The van der Waals surface area contributed by atoms with Crippen molar-refractivity contribution in [3.8, 4) is 0 Å². The van der Waals surface area contributed by atoms with E-state index in [2.05, 4.69) is 10.3 Å². The third-order valence-electron chi connectivity index (χ3n) is 2.14. The fourth-order valence-electron chi connectivity index (χ4n) is 1.30. The van der Waals surface area contributed by atoms with Gasteiger partial charge in [0.2, 0.25) is 0 Å². The minimum atomic E-state index is -0.647. The van der Waals surface area contributed by atoms with Gasteiger partial charge in [-0.1, -0.05) is 23.2 Å². The van der Waals surface area contributed by atoms with Crippen LogP contribution < -0.4 is 5.32 Å². The van der Waals surface area contributed by atoms with Gasteiger partial charge in [0.1, 0.15) is 11.6 Å². The number of aromatic nitrogens is 1. The number of amides is 1. The smallest absolute Gasteiger partial charge is 0.259 e. The summed E-state index contributed by atoms with van der Waals surface area (Å²) in [5.41, 5.74) is -0.140. The molecule has 92 valence electrons. The van der Waals surface area contributed by atoms with Gasteiger partial charge in [-0.25, -0.2) is 9.37 Å². The molecule has 1 aromatic heterocycles. The normalized spacial score (nSPS) is 10.2. The van der Waals surface area contributed by atoms with Crippen LogP contribution in [0, 0.1) is 5.82 Å². The average molecular weight is 285 g/mol. The van der Waals surface area contributed by atoms with E-state index in [9.17, 15) is 9.18 Å². The average Bonchev–Trinajstić information content (AvgIpc) is 2.35. The Morgan fingerprint density at radius 2 is 1.89 bits per heavy atom. The van der Waals surface area contributed by atoms with E-state index in [0.717, 1.165) is 6.07 Å². The minimum Gasteiger partial charge on any atom is -0.306 e. The molecule has 3 nitrogen and oxygen atoms in total. The van der Waals surface area contributed by atoms with Crippen LogP contribution in [0.25, 0.3) is 0 Å². The Labute approximate surface area is 113 Å². The van der Waals surface area contributed by atoms with Crippen LogP contribution in [0.15, 0.2) is 36.5 Å². The van der Waals surface area contributed by atoms with E-state index in [-0.39, 0.29) is 16.4 Å². The highest BCUT2D eigenvalue weighted by Gasteiger charge is 2.12. The summed E-state index contributed by atoms with van der Waals surface area (Å²) in [6.07, 6.45) is 1.38. The summed E-state index contributed by atoms with van der Waals surface area (Å²) in [6.45, 7) is 0. The van der Waals surface area contributed by atoms with Crippen LogP contribution in [0.4, 0.5) is 10.2 Å². The molecule has 1 amide bonds. The molecule has 0 aliphatic rings. The predicted molar refractivity (Wildman–Crippen MR) is 68.6 cm³/mol. The Morgan fingerprint density at radius 3 is 2.56 bits per heavy atom. The molecule has 2 aromatic rings. The molecule has 0 aliphatic heterocycles. The van der Waals surface area contributed by atoms with E-state index < -0.39 is 11.7 Å². The highest BCUT2D eigenvalue weighted by molar-refractivity contribution is 6.31. The molecule has 0 spiro atoms. The summed E-state index contributed by atoms with van der Waals surface area (Å²) >= 11 is 11.4. The number of nitrogens with one attached hydrogen (secondary N) is 1. The fourth-order valence-corrected chi connectivity index (χ4v) is 1.59. The largest absolute Gasteiger partial charge is 0.306 e. The summed E-state index contributed by atoms with van der Waals surface area (Å²) in [7, 11) is 0. The maximum atomic E-state index is 13.4. The van der Waals surface area contributed by atoms with Crippen LogP contribution in [-0.2, 0) is 0 Å².